The van der Waals surface area contributed by atoms with E-state index in [-0.39, 0.29) is 49.2 Å². The number of likely N-dealkylation sites (N-methyl/N-ethyl adjacent to an activating group) is 2. The average Bonchev–Trinajstić information content (AvgIpc) is 3.80. The van der Waals surface area contributed by atoms with E-state index < -0.39 is 51.2 Å². The van der Waals surface area contributed by atoms with E-state index in [2.05, 4.69) is 22.9 Å². The number of Topliss-reactive ketones (excluding diaryl/α,β-unsaturated/α-hetero) is 2. The van der Waals surface area contributed by atoms with Crippen molar-refractivity contribution in [1.82, 2.24) is 9.80 Å². The van der Waals surface area contributed by atoms with Crippen LogP contribution in [0.15, 0.2) is 36.4 Å². The fourth-order valence-corrected chi connectivity index (χ4v) is 12.1. The highest BCUT2D eigenvalue weighted by Gasteiger charge is 2.74. The van der Waals surface area contributed by atoms with Crippen molar-refractivity contribution in [1.29, 1.82) is 0 Å². The molecule has 0 amide bonds. The molecular weight excluding hydrogens is 817 g/mol. The first kappa shape index (κ1) is 49.1. The van der Waals surface area contributed by atoms with E-state index >= 15 is 0 Å². The second-order valence-corrected chi connectivity index (χ2v) is 20.1. The maximum absolute atomic E-state index is 13.1. The van der Waals surface area contributed by atoms with Crippen LogP contribution in [0.1, 0.15) is 142 Å². The smallest absolute Gasteiger partial charge is 0.312 e. The van der Waals surface area contributed by atoms with Crippen LogP contribution in [0.3, 0.4) is 0 Å². The molecule has 4 aliphatic carbocycles. The van der Waals surface area contributed by atoms with Gasteiger partial charge in [-0.15, -0.1) is 0 Å². The molecule has 2 spiro atoms. The Bertz CT molecular complexity index is 2210. The van der Waals surface area contributed by atoms with Crippen LogP contribution >= 0.6 is 0 Å². The zero-order chi connectivity index (χ0) is 46.2. The number of nitrogens with zero attached hydrogens (tertiary/aromatic N) is 2. The molecule has 2 saturated heterocycles. The first-order valence-electron chi connectivity index (χ1n) is 22.8. The number of phenolic OH excluding ortho intramolecular Hbond substituents is 1. The van der Waals surface area contributed by atoms with E-state index in [0.29, 0.717) is 56.4 Å². The van der Waals surface area contributed by atoms with Crippen molar-refractivity contribution in [3.8, 4) is 17.2 Å². The standard InChI is InChI=1S/C26H35NO5.C17H19NO4.C4H8.C3H6O2.CH4/c1-7-23(2,3)22(29)32-24(4,5)16-9-8-15-14-18-26(30)11-10-17(28)21-25(26,12-13-27(18)6)19(15)20(16)31-21;1-18-7-6-16-13-9-2-3-10(19)14(13)22-15(16)11(20)4-5-17(16,21)12(18)8-9;1-3-4-2;1-2-3(4)5;/h8-9,18,21,30H,7,10-14H2,1-6H3;2-3,12,15,19,21H,4-8H2,1H3;3-4H,1-2H3;2H2,1H3,(H,4,5);1H4/t18-,21+,25+,26-;12-,15+,16+,17-;;;/m11.../s1. The predicted octanol–water partition coefficient (Wildman–Crippen LogP) is 6.70. The van der Waals surface area contributed by atoms with Gasteiger partial charge in [0.1, 0.15) is 11.4 Å². The van der Waals surface area contributed by atoms with Crippen molar-refractivity contribution >= 4 is 23.5 Å². The van der Waals surface area contributed by atoms with E-state index in [0.717, 1.165) is 53.7 Å². The predicted molar refractivity (Wildman–Crippen MR) is 243 cm³/mol. The summed E-state index contributed by atoms with van der Waals surface area (Å²) in [7, 11) is 4.11. The summed E-state index contributed by atoms with van der Waals surface area (Å²) in [5.74, 6) is 0.275. The largest absolute Gasteiger partial charge is 0.504 e. The number of hydrogen-bond donors (Lipinski definition) is 4. The lowest BCUT2D eigenvalue weighted by molar-refractivity contribution is -0.185. The number of aliphatic carboxylic acids is 1. The quantitative estimate of drug-likeness (QED) is 0.184. The molecule has 0 radical (unpaired) electrons. The maximum atomic E-state index is 13.1. The molecule has 0 unspecified atom stereocenters. The number of carbonyl (C=O) groups is 4. The Morgan fingerprint density at radius 3 is 1.66 bits per heavy atom. The molecule has 2 saturated carbocycles. The molecule has 13 nitrogen and oxygen atoms in total. The molecule has 4 bridgehead atoms. The Labute approximate surface area is 379 Å². The number of likely N-dealkylation sites (tertiary alicyclic amines) is 2. The van der Waals surface area contributed by atoms with Crippen molar-refractivity contribution < 1.29 is 53.8 Å². The molecule has 64 heavy (non-hydrogen) atoms. The molecule has 0 aromatic heterocycles. The number of hydrogen-bond acceptors (Lipinski definition) is 12. The highest BCUT2D eigenvalue weighted by atomic mass is 16.6. The number of ketones is 2. The van der Waals surface area contributed by atoms with Gasteiger partial charge in [-0.05, 0) is 131 Å². The van der Waals surface area contributed by atoms with Crippen molar-refractivity contribution in [2.45, 2.75) is 179 Å². The number of ether oxygens (including phenoxy) is 3. The van der Waals surface area contributed by atoms with Crippen molar-refractivity contribution in [2.24, 2.45) is 5.41 Å². The summed E-state index contributed by atoms with van der Waals surface area (Å²) in [6, 6.07) is 7.62. The minimum Gasteiger partial charge on any atom is -0.504 e. The molecule has 352 valence electrons. The minimum absolute atomic E-state index is 0. The normalized spacial score (nSPS) is 32.4. The van der Waals surface area contributed by atoms with Gasteiger partial charge < -0.3 is 44.4 Å². The number of allylic oxidation sites excluding steroid dienone is 2. The number of phenols is 1. The third-order valence-corrected chi connectivity index (χ3v) is 16.1. The van der Waals surface area contributed by atoms with E-state index in [9.17, 15) is 34.5 Å². The molecule has 4 N–H and O–H groups in total. The number of rotatable bonds is 5. The van der Waals surface area contributed by atoms with Crippen molar-refractivity contribution in [3.63, 3.8) is 0 Å². The van der Waals surface area contributed by atoms with Gasteiger partial charge in [0.15, 0.2) is 35.3 Å². The summed E-state index contributed by atoms with van der Waals surface area (Å²) < 4.78 is 18.5. The number of esters is 1. The number of benzene rings is 2. The molecule has 13 heteroatoms. The van der Waals surface area contributed by atoms with E-state index in [1.807, 2.05) is 79.8 Å². The minimum atomic E-state index is -1.000. The van der Waals surface area contributed by atoms with Crippen LogP contribution in [0.5, 0.6) is 17.2 Å². The Balaban J connectivity index is 0.000000184. The highest BCUT2D eigenvalue weighted by Crippen LogP contribution is 2.66. The molecular formula is C51H72N2O11. The van der Waals surface area contributed by atoms with E-state index in [4.69, 9.17) is 19.3 Å². The van der Waals surface area contributed by atoms with Gasteiger partial charge in [-0.1, -0.05) is 51.6 Å². The molecule has 2 aromatic rings. The lowest BCUT2D eigenvalue weighted by Crippen LogP contribution is -2.76. The summed E-state index contributed by atoms with van der Waals surface area (Å²) in [6.07, 6.45) is 8.03. The molecule has 8 aliphatic rings. The maximum Gasteiger partial charge on any atom is 0.312 e. The van der Waals surface area contributed by atoms with Gasteiger partial charge in [0.2, 0.25) is 0 Å². The summed E-state index contributed by atoms with van der Waals surface area (Å²) in [6.45, 7) is 16.8. The Kier molecular flexibility index (Phi) is 13.2. The first-order valence-corrected chi connectivity index (χ1v) is 22.8. The summed E-state index contributed by atoms with van der Waals surface area (Å²) in [4.78, 5) is 52.4. The van der Waals surface area contributed by atoms with Gasteiger partial charge in [0.25, 0.3) is 0 Å². The highest BCUT2D eigenvalue weighted by molar-refractivity contribution is 5.91. The van der Waals surface area contributed by atoms with Crippen LogP contribution < -0.4 is 9.47 Å². The number of piperidine rings is 2. The molecule has 4 aliphatic heterocycles. The third kappa shape index (κ3) is 7.01. The molecule has 8 atom stereocenters. The van der Waals surface area contributed by atoms with Gasteiger partial charge in [-0.25, -0.2) is 0 Å². The molecule has 4 fully saturated rings. The van der Waals surface area contributed by atoms with Crippen LogP contribution in [0, 0.1) is 5.41 Å². The molecule has 2 aromatic carbocycles. The summed E-state index contributed by atoms with van der Waals surface area (Å²) >= 11 is 0. The van der Waals surface area contributed by atoms with E-state index in [1.165, 1.54) is 0 Å². The van der Waals surface area contributed by atoms with Crippen LogP contribution in [-0.4, -0.2) is 116 Å². The van der Waals surface area contributed by atoms with Gasteiger partial charge in [0, 0.05) is 48.0 Å². The second-order valence-electron chi connectivity index (χ2n) is 20.1. The lowest BCUT2D eigenvalue weighted by atomic mass is 9.49. The summed E-state index contributed by atoms with van der Waals surface area (Å²) in [5, 5.41) is 41.7. The van der Waals surface area contributed by atoms with Gasteiger partial charge in [0.05, 0.1) is 27.4 Å². The van der Waals surface area contributed by atoms with Gasteiger partial charge in [-0.2, -0.15) is 0 Å². The number of aromatic hydroxyl groups is 1. The molecule has 4 heterocycles. The SMILES string of the molecule is C.CC=CC.CCC(=O)O.CCC(C)(C)C(=O)OC(C)(C)c1ccc2c3c1O[C@H]1C(=O)CC[C@@]4(O)[C@@H](C2)N(C)CC[C@]314.CN1CC[C@]23c4c5ccc(O)c4O[C@H]2C(=O)CC[C@@]3(O)[C@H]1C5. The zero-order valence-electron chi connectivity index (χ0n) is 38.8. The molecule has 10 rings (SSSR count). The van der Waals surface area contributed by atoms with Gasteiger partial charge >= 0.3 is 11.9 Å². The van der Waals surface area contributed by atoms with Crippen molar-refractivity contribution in [3.05, 3.63) is 64.2 Å². The van der Waals surface area contributed by atoms with Gasteiger partial charge in [-0.3, -0.25) is 19.2 Å². The lowest BCUT2D eigenvalue weighted by Gasteiger charge is -2.62. The topological polar surface area (TPSA) is 183 Å². The Hall–Kier alpha value is -4.30. The monoisotopic (exact) mass is 889 g/mol. The Morgan fingerprint density at radius 1 is 0.781 bits per heavy atom. The average molecular weight is 889 g/mol. The van der Waals surface area contributed by atoms with Crippen LogP contribution in [0.4, 0.5) is 0 Å². The van der Waals surface area contributed by atoms with E-state index in [1.54, 1.807) is 13.0 Å². The Morgan fingerprint density at radius 2 is 1.22 bits per heavy atom. The third-order valence-electron chi connectivity index (χ3n) is 16.1. The second kappa shape index (κ2) is 17.2. The zero-order valence-corrected chi connectivity index (χ0v) is 38.8. The number of aliphatic hydroxyl groups is 2. The van der Waals surface area contributed by atoms with Crippen molar-refractivity contribution in [2.75, 3.05) is 27.2 Å². The number of carboxylic acid groups (broad SMARTS) is 1. The first-order chi connectivity index (χ1) is 29.6. The summed E-state index contributed by atoms with van der Waals surface area (Å²) in [5.41, 5.74) is 0.0273. The van der Waals surface area contributed by atoms with Crippen LogP contribution in [0.25, 0.3) is 0 Å². The number of carboxylic acids is 1. The van der Waals surface area contributed by atoms with Crippen LogP contribution in [-0.2, 0) is 53.2 Å². The van der Waals surface area contributed by atoms with Crippen LogP contribution in [0.2, 0.25) is 0 Å². The fourth-order valence-electron chi connectivity index (χ4n) is 12.1. The fraction of sp³-hybridized carbons (Fsp3) is 0.647. The number of carbonyl (C=O) groups excluding carboxylic acids is 3.